The summed E-state index contributed by atoms with van der Waals surface area (Å²) in [5.74, 6) is 2.24. The van der Waals surface area contributed by atoms with E-state index in [1.165, 1.54) is 37.4 Å². The number of hydrogen-bond donors (Lipinski definition) is 2. The van der Waals surface area contributed by atoms with Gasteiger partial charge >= 0.3 is 0 Å². The van der Waals surface area contributed by atoms with Gasteiger partial charge in [-0.1, -0.05) is 37.4 Å². The van der Waals surface area contributed by atoms with Gasteiger partial charge in [-0.05, 0) is 18.8 Å². The molecule has 2 aliphatic rings. The lowest BCUT2D eigenvalue weighted by Crippen LogP contribution is -2.27. The zero-order valence-electron chi connectivity index (χ0n) is 11.0. The molecule has 104 valence electrons. The quantitative estimate of drug-likeness (QED) is 0.781. The van der Waals surface area contributed by atoms with Crippen LogP contribution < -0.4 is 5.32 Å². The van der Waals surface area contributed by atoms with Gasteiger partial charge in [0.15, 0.2) is 0 Å². The van der Waals surface area contributed by atoms with Gasteiger partial charge in [0.1, 0.15) is 5.82 Å². The summed E-state index contributed by atoms with van der Waals surface area (Å²) < 4.78 is 0. The van der Waals surface area contributed by atoms with Crippen molar-refractivity contribution in [3.05, 3.63) is 5.82 Å². The summed E-state index contributed by atoms with van der Waals surface area (Å²) in [7, 11) is 0. The highest BCUT2D eigenvalue weighted by Crippen LogP contribution is 2.27. The third kappa shape index (κ3) is 3.96. The van der Waals surface area contributed by atoms with Crippen LogP contribution in [0.3, 0.4) is 0 Å². The molecule has 2 fully saturated rings. The number of carbonyl (C=O) groups is 1. The minimum atomic E-state index is 0.0923. The lowest BCUT2D eigenvalue weighted by atomic mass is 10.0. The molecule has 19 heavy (non-hydrogen) atoms. The molecule has 2 aliphatic carbocycles. The van der Waals surface area contributed by atoms with Crippen LogP contribution in [-0.4, -0.2) is 32.9 Å². The molecule has 6 heteroatoms. The smallest absolute Gasteiger partial charge is 0.230 e. The molecule has 0 saturated heterocycles. The molecule has 0 aliphatic heterocycles. The van der Waals surface area contributed by atoms with Crippen molar-refractivity contribution in [2.75, 3.05) is 5.75 Å². The molecule has 0 aromatic carbocycles. The molecule has 2 N–H and O–H groups in total. The number of rotatable bonds is 6. The number of H-pyrrole nitrogens is 1. The van der Waals surface area contributed by atoms with Crippen molar-refractivity contribution in [2.24, 2.45) is 5.92 Å². The van der Waals surface area contributed by atoms with Gasteiger partial charge < -0.3 is 5.32 Å². The largest absolute Gasteiger partial charge is 0.353 e. The van der Waals surface area contributed by atoms with E-state index in [2.05, 4.69) is 20.5 Å². The number of aromatic nitrogens is 3. The fraction of sp³-hybridized carbons (Fsp3) is 0.769. The Morgan fingerprint density at radius 2 is 2.11 bits per heavy atom. The topological polar surface area (TPSA) is 70.7 Å². The van der Waals surface area contributed by atoms with Crippen LogP contribution in [0.25, 0.3) is 0 Å². The number of thioether (sulfide) groups is 1. The number of carbonyl (C=O) groups excluding carboxylic acids is 1. The van der Waals surface area contributed by atoms with E-state index in [1.54, 1.807) is 0 Å². The average Bonchev–Trinajstić information content (AvgIpc) is 2.91. The summed E-state index contributed by atoms with van der Waals surface area (Å²) in [4.78, 5) is 16.0. The summed E-state index contributed by atoms with van der Waals surface area (Å²) in [6.45, 7) is 0. The van der Waals surface area contributed by atoms with Crippen molar-refractivity contribution >= 4 is 17.7 Å². The van der Waals surface area contributed by atoms with Crippen LogP contribution in [0.15, 0.2) is 5.16 Å². The minimum Gasteiger partial charge on any atom is -0.353 e. The van der Waals surface area contributed by atoms with Crippen molar-refractivity contribution in [2.45, 2.75) is 56.1 Å². The van der Waals surface area contributed by atoms with E-state index in [4.69, 9.17) is 0 Å². The van der Waals surface area contributed by atoms with E-state index in [-0.39, 0.29) is 5.91 Å². The van der Waals surface area contributed by atoms with Crippen molar-refractivity contribution in [3.8, 4) is 0 Å². The Morgan fingerprint density at radius 1 is 1.32 bits per heavy atom. The Labute approximate surface area is 117 Å². The SMILES string of the molecule is O=C(CSc1n[nH]c(CC2CCCC2)n1)NC1CC1. The number of aromatic amines is 1. The molecule has 0 spiro atoms. The second-order valence-corrected chi connectivity index (χ2v) is 6.49. The molecule has 1 aromatic rings. The lowest BCUT2D eigenvalue weighted by Gasteiger charge is -2.04. The van der Waals surface area contributed by atoms with E-state index in [1.807, 2.05) is 0 Å². The monoisotopic (exact) mass is 280 g/mol. The molecule has 3 rings (SSSR count). The predicted molar refractivity (Wildman–Crippen MR) is 73.9 cm³/mol. The molecule has 0 bridgehead atoms. The summed E-state index contributed by atoms with van der Waals surface area (Å²) in [5, 5.41) is 10.8. The van der Waals surface area contributed by atoms with Crippen LogP contribution in [0.4, 0.5) is 0 Å². The number of hydrogen-bond acceptors (Lipinski definition) is 4. The Bertz CT molecular complexity index is 438. The van der Waals surface area contributed by atoms with Crippen LogP contribution in [0.5, 0.6) is 0 Å². The zero-order chi connectivity index (χ0) is 13.1. The Hall–Kier alpha value is -1.04. The molecule has 0 radical (unpaired) electrons. The average molecular weight is 280 g/mol. The van der Waals surface area contributed by atoms with Gasteiger partial charge in [0, 0.05) is 12.5 Å². The molecule has 1 heterocycles. The van der Waals surface area contributed by atoms with Crippen LogP contribution >= 0.6 is 11.8 Å². The fourth-order valence-electron chi connectivity index (χ4n) is 2.55. The molecule has 0 atom stereocenters. The van der Waals surface area contributed by atoms with Gasteiger partial charge in [0.25, 0.3) is 0 Å². The van der Waals surface area contributed by atoms with Crippen molar-refractivity contribution in [1.29, 1.82) is 0 Å². The van der Waals surface area contributed by atoms with Crippen molar-refractivity contribution < 1.29 is 4.79 Å². The van der Waals surface area contributed by atoms with Crippen molar-refractivity contribution in [1.82, 2.24) is 20.5 Å². The van der Waals surface area contributed by atoms with Crippen LogP contribution in [0, 0.1) is 5.92 Å². The number of amides is 1. The first kappa shape index (κ1) is 13.0. The Kier molecular flexibility index (Phi) is 4.06. The molecule has 5 nitrogen and oxygen atoms in total. The fourth-order valence-corrected chi connectivity index (χ4v) is 3.18. The van der Waals surface area contributed by atoms with Gasteiger partial charge in [-0.2, -0.15) is 0 Å². The van der Waals surface area contributed by atoms with E-state index in [0.29, 0.717) is 17.0 Å². The third-order valence-electron chi connectivity index (χ3n) is 3.74. The Balaban J connectivity index is 1.43. The summed E-state index contributed by atoms with van der Waals surface area (Å²) in [6, 6.07) is 0.429. The second-order valence-electron chi connectivity index (χ2n) is 5.55. The third-order valence-corrected chi connectivity index (χ3v) is 4.59. The van der Waals surface area contributed by atoms with E-state index in [9.17, 15) is 4.79 Å². The van der Waals surface area contributed by atoms with E-state index < -0.39 is 0 Å². The maximum absolute atomic E-state index is 11.6. The van der Waals surface area contributed by atoms with Gasteiger partial charge in [-0.3, -0.25) is 9.89 Å². The highest BCUT2D eigenvalue weighted by molar-refractivity contribution is 7.99. The summed E-state index contributed by atoms with van der Waals surface area (Å²) in [6.07, 6.45) is 8.58. The number of nitrogens with one attached hydrogen (secondary N) is 2. The van der Waals surface area contributed by atoms with Crippen LogP contribution in [0.2, 0.25) is 0 Å². The van der Waals surface area contributed by atoms with E-state index in [0.717, 1.165) is 31.0 Å². The molecular weight excluding hydrogens is 260 g/mol. The molecular formula is C13H20N4OS. The van der Waals surface area contributed by atoms with Gasteiger partial charge in [-0.15, -0.1) is 5.10 Å². The molecule has 1 amide bonds. The van der Waals surface area contributed by atoms with Gasteiger partial charge in [0.05, 0.1) is 5.75 Å². The lowest BCUT2D eigenvalue weighted by molar-refractivity contribution is -0.118. The number of nitrogens with zero attached hydrogens (tertiary/aromatic N) is 2. The standard InChI is InChI=1S/C13H20N4OS/c18-12(14-10-5-6-10)8-19-13-15-11(16-17-13)7-9-3-1-2-4-9/h9-10H,1-8H2,(H,14,18)(H,15,16,17). The van der Waals surface area contributed by atoms with Gasteiger partial charge in [0.2, 0.25) is 11.1 Å². The first-order valence-electron chi connectivity index (χ1n) is 7.13. The molecule has 2 saturated carbocycles. The molecule has 0 unspecified atom stereocenters. The highest BCUT2D eigenvalue weighted by atomic mass is 32.2. The Morgan fingerprint density at radius 3 is 2.84 bits per heavy atom. The predicted octanol–water partition coefficient (Wildman–Crippen LogP) is 1.91. The van der Waals surface area contributed by atoms with E-state index >= 15 is 0 Å². The molecule has 1 aromatic heterocycles. The van der Waals surface area contributed by atoms with Crippen LogP contribution in [0.1, 0.15) is 44.3 Å². The zero-order valence-corrected chi connectivity index (χ0v) is 11.8. The van der Waals surface area contributed by atoms with Crippen LogP contribution in [-0.2, 0) is 11.2 Å². The van der Waals surface area contributed by atoms with Gasteiger partial charge in [-0.25, -0.2) is 4.98 Å². The normalized spacial score (nSPS) is 19.8. The first-order valence-corrected chi connectivity index (χ1v) is 8.11. The second kappa shape index (κ2) is 5.94. The first-order chi connectivity index (χ1) is 9.29. The highest BCUT2D eigenvalue weighted by Gasteiger charge is 2.23. The maximum Gasteiger partial charge on any atom is 0.230 e. The summed E-state index contributed by atoms with van der Waals surface area (Å²) >= 11 is 1.41. The summed E-state index contributed by atoms with van der Waals surface area (Å²) in [5.41, 5.74) is 0. The maximum atomic E-state index is 11.6. The van der Waals surface area contributed by atoms with Crippen molar-refractivity contribution in [3.63, 3.8) is 0 Å². The minimum absolute atomic E-state index is 0.0923.